The van der Waals surface area contributed by atoms with Gasteiger partial charge >= 0.3 is 5.97 Å². The first-order chi connectivity index (χ1) is 17.5. The third kappa shape index (κ3) is 6.61. The molecule has 14 heteroatoms. The lowest BCUT2D eigenvalue weighted by Crippen LogP contribution is -2.64. The summed E-state index contributed by atoms with van der Waals surface area (Å²) in [7, 11) is 0. The van der Waals surface area contributed by atoms with E-state index in [-0.39, 0.29) is 48.6 Å². The van der Waals surface area contributed by atoms with Gasteiger partial charge in [0.1, 0.15) is 18.4 Å². The van der Waals surface area contributed by atoms with E-state index in [1.165, 1.54) is 25.1 Å². The molecule has 0 saturated carbocycles. The van der Waals surface area contributed by atoms with Crippen molar-refractivity contribution < 1.29 is 38.7 Å². The summed E-state index contributed by atoms with van der Waals surface area (Å²) >= 11 is 6.14. The largest absolute Gasteiger partial charge is 0.481 e. The van der Waals surface area contributed by atoms with E-state index in [0.29, 0.717) is 12.1 Å². The van der Waals surface area contributed by atoms with Crippen LogP contribution in [0.25, 0.3) is 0 Å². The van der Waals surface area contributed by atoms with Crippen LogP contribution in [0.5, 0.6) is 0 Å². The maximum Gasteiger partial charge on any atom is 0.305 e. The van der Waals surface area contributed by atoms with E-state index in [2.05, 4.69) is 16.0 Å². The number of amides is 5. The van der Waals surface area contributed by atoms with E-state index in [9.17, 15) is 33.6 Å². The predicted octanol–water partition coefficient (Wildman–Crippen LogP) is 0.0836. The van der Waals surface area contributed by atoms with Gasteiger partial charge in [0.2, 0.25) is 17.7 Å². The Morgan fingerprint density at radius 3 is 2.57 bits per heavy atom. The Labute approximate surface area is 216 Å². The molecule has 2 saturated heterocycles. The summed E-state index contributed by atoms with van der Waals surface area (Å²) in [5, 5.41) is 18.6. The number of halogens is 1. The summed E-state index contributed by atoms with van der Waals surface area (Å²) in [5.41, 5.74) is 0.408. The van der Waals surface area contributed by atoms with Gasteiger partial charge in [-0.25, -0.2) is 5.01 Å². The smallest absolute Gasteiger partial charge is 0.305 e. The number of aliphatic carboxylic acids is 1. The molecule has 3 atom stereocenters. The molecule has 4 N–H and O–H groups in total. The molecule has 13 nitrogen and oxygen atoms in total. The minimum Gasteiger partial charge on any atom is -0.481 e. The van der Waals surface area contributed by atoms with Gasteiger partial charge in [-0.2, -0.15) is 0 Å². The van der Waals surface area contributed by atoms with E-state index >= 15 is 0 Å². The van der Waals surface area contributed by atoms with E-state index in [0.717, 1.165) is 10.0 Å². The van der Waals surface area contributed by atoms with Crippen molar-refractivity contribution in [1.29, 1.82) is 0 Å². The van der Waals surface area contributed by atoms with Gasteiger partial charge in [-0.15, -0.1) is 0 Å². The minimum atomic E-state index is -1.31. The van der Waals surface area contributed by atoms with E-state index < -0.39 is 54.1 Å². The molecule has 0 aliphatic carbocycles. The summed E-state index contributed by atoms with van der Waals surface area (Å²) in [5.74, 6) is -4.19. The molecule has 0 aromatic heterocycles. The van der Waals surface area contributed by atoms with Crippen molar-refractivity contribution in [2.45, 2.75) is 57.2 Å². The lowest BCUT2D eigenvalue weighted by molar-refractivity contribution is -0.176. The van der Waals surface area contributed by atoms with Crippen LogP contribution in [0.1, 0.15) is 49.4 Å². The van der Waals surface area contributed by atoms with Gasteiger partial charge in [-0.3, -0.25) is 33.8 Å². The minimum absolute atomic E-state index is 0.0154. The number of hydrogen-bond donors (Lipinski definition) is 4. The second-order valence-corrected chi connectivity index (χ2v) is 9.05. The van der Waals surface area contributed by atoms with Gasteiger partial charge in [0, 0.05) is 25.5 Å². The maximum atomic E-state index is 13.5. The van der Waals surface area contributed by atoms with E-state index in [1.54, 1.807) is 0 Å². The summed E-state index contributed by atoms with van der Waals surface area (Å²) in [6.45, 7) is 1.49. The Morgan fingerprint density at radius 1 is 1.22 bits per heavy atom. The number of nitrogens with zero attached hydrogens (tertiary/aromatic N) is 2. The molecule has 37 heavy (non-hydrogen) atoms. The molecule has 0 radical (unpaired) electrons. The summed E-state index contributed by atoms with van der Waals surface area (Å²) in [6.07, 6.45) is 0.126. The van der Waals surface area contributed by atoms with Crippen molar-refractivity contribution in [1.82, 2.24) is 20.7 Å². The second kappa shape index (κ2) is 11.8. The first-order valence-corrected chi connectivity index (χ1v) is 11.9. The first kappa shape index (κ1) is 27.6. The highest BCUT2D eigenvalue weighted by Gasteiger charge is 2.45. The number of hydrogen-bond acceptors (Lipinski definition) is 7. The van der Waals surface area contributed by atoms with Crippen LogP contribution >= 0.6 is 11.6 Å². The molecule has 0 spiro atoms. The number of carboxylic acids is 1. The molecule has 0 bridgehead atoms. The Bertz CT molecular complexity index is 1140. The van der Waals surface area contributed by atoms with Crippen LogP contribution in [0.3, 0.4) is 0 Å². The molecule has 5 amide bonds. The average Bonchev–Trinajstić information content (AvgIpc) is 2.96. The number of benzene rings is 1. The number of carbonyl (C=O) groups excluding carboxylic acids is 6. The number of hydrazine groups is 1. The van der Waals surface area contributed by atoms with Crippen LogP contribution in [-0.2, 0) is 28.8 Å². The zero-order chi connectivity index (χ0) is 27.3. The molecule has 1 aromatic carbocycles. The summed E-state index contributed by atoms with van der Waals surface area (Å²) < 4.78 is 0. The van der Waals surface area contributed by atoms with Gasteiger partial charge in [0.05, 0.1) is 23.2 Å². The summed E-state index contributed by atoms with van der Waals surface area (Å²) in [6, 6.07) is 0.531. The van der Waals surface area contributed by atoms with Crippen LogP contribution in [-0.4, -0.2) is 81.6 Å². The quantitative estimate of drug-likeness (QED) is 0.337. The van der Waals surface area contributed by atoms with Crippen molar-refractivity contribution in [3.63, 3.8) is 0 Å². The van der Waals surface area contributed by atoms with Crippen molar-refractivity contribution in [2.75, 3.05) is 11.9 Å². The molecular formula is C23H26ClN5O8. The number of fused-ring (bicyclic) bond motifs is 1. The normalized spacial score (nSPS) is 20.3. The van der Waals surface area contributed by atoms with Crippen LogP contribution in [0.4, 0.5) is 5.69 Å². The fourth-order valence-electron chi connectivity index (χ4n) is 4.20. The zero-order valence-corrected chi connectivity index (χ0v) is 20.6. The molecule has 2 aliphatic heterocycles. The Balaban J connectivity index is 1.80. The number of aldehydes is 1. The van der Waals surface area contributed by atoms with E-state index in [4.69, 9.17) is 16.7 Å². The molecule has 3 unspecified atom stereocenters. The lowest BCUT2D eigenvalue weighted by Gasteiger charge is -2.43. The van der Waals surface area contributed by atoms with Crippen molar-refractivity contribution in [2.24, 2.45) is 0 Å². The molecule has 1 aromatic rings. The number of carboxylic acid groups (broad SMARTS) is 1. The molecular weight excluding hydrogens is 510 g/mol. The number of anilines is 1. The topological polar surface area (TPSA) is 182 Å². The fourth-order valence-corrected chi connectivity index (χ4v) is 4.42. The van der Waals surface area contributed by atoms with Gasteiger partial charge in [0.25, 0.3) is 11.8 Å². The third-order valence-electron chi connectivity index (χ3n) is 5.90. The SMILES string of the molecule is CC(=O)Nc1ccc(C(=O)NC2CCC(=O)N3CCCC(C(=O)NC(C=O)CC(=O)O)N3C2=O)cc1Cl. The summed E-state index contributed by atoms with van der Waals surface area (Å²) in [4.78, 5) is 85.5. The zero-order valence-electron chi connectivity index (χ0n) is 19.9. The molecule has 2 aliphatic rings. The molecule has 198 valence electrons. The Morgan fingerprint density at radius 2 is 1.95 bits per heavy atom. The number of nitrogens with one attached hydrogen (secondary N) is 3. The van der Waals surface area contributed by atoms with Crippen molar-refractivity contribution >= 4 is 59.1 Å². The van der Waals surface area contributed by atoms with Crippen molar-refractivity contribution in [3.05, 3.63) is 28.8 Å². The average molecular weight is 536 g/mol. The van der Waals surface area contributed by atoms with Crippen LogP contribution in [0, 0.1) is 0 Å². The van der Waals surface area contributed by atoms with Gasteiger partial charge in [-0.1, -0.05) is 11.6 Å². The second-order valence-electron chi connectivity index (χ2n) is 8.65. The van der Waals surface area contributed by atoms with E-state index in [1.807, 2.05) is 0 Å². The van der Waals surface area contributed by atoms with Gasteiger partial charge < -0.3 is 25.9 Å². The van der Waals surface area contributed by atoms with Crippen LogP contribution in [0.15, 0.2) is 18.2 Å². The Hall–Kier alpha value is -4.00. The van der Waals surface area contributed by atoms with Crippen molar-refractivity contribution in [3.8, 4) is 0 Å². The fraction of sp³-hybridized carbons (Fsp3) is 0.435. The molecule has 3 rings (SSSR count). The van der Waals surface area contributed by atoms with Gasteiger partial charge in [-0.05, 0) is 37.5 Å². The number of rotatable bonds is 8. The maximum absolute atomic E-state index is 13.5. The molecule has 2 fully saturated rings. The standard InChI is InChI=1S/C23H26ClN5O8/c1-12(31)25-16-5-4-13(9-15(16)24)21(35)27-17-6-7-19(32)28-8-2-3-18(29(28)23(17)37)22(36)26-14(11-30)10-20(33)34/h4-5,9,11,14,17-18H,2-3,6-8,10H2,1H3,(H,25,31)(H,26,36)(H,27,35)(H,33,34). The van der Waals surface area contributed by atoms with Crippen LogP contribution < -0.4 is 16.0 Å². The highest BCUT2D eigenvalue weighted by molar-refractivity contribution is 6.34. The molecule has 2 heterocycles. The number of carbonyl (C=O) groups is 7. The van der Waals surface area contributed by atoms with Crippen LogP contribution in [0.2, 0.25) is 5.02 Å². The Kier molecular flexibility index (Phi) is 8.81. The lowest BCUT2D eigenvalue weighted by atomic mass is 10.0. The highest BCUT2D eigenvalue weighted by Crippen LogP contribution is 2.26. The predicted molar refractivity (Wildman–Crippen MR) is 128 cm³/mol. The first-order valence-electron chi connectivity index (χ1n) is 11.5. The monoisotopic (exact) mass is 535 g/mol. The third-order valence-corrected chi connectivity index (χ3v) is 6.21. The highest BCUT2D eigenvalue weighted by atomic mass is 35.5. The van der Waals surface area contributed by atoms with Gasteiger partial charge in [0.15, 0.2) is 0 Å².